The van der Waals surface area contributed by atoms with Crippen molar-refractivity contribution >= 4 is 40.7 Å². The third kappa shape index (κ3) is 4.81. The normalized spacial score (nSPS) is 24.1. The Morgan fingerprint density at radius 1 is 1.30 bits per heavy atom. The molecule has 4 N–H and O–H groups in total. The molecule has 0 bridgehead atoms. The van der Waals surface area contributed by atoms with Gasteiger partial charge in [0.2, 0.25) is 5.95 Å². The molecule has 7 nitrogen and oxygen atoms in total. The number of nitrogens with zero attached hydrogens (tertiary/aromatic N) is 5. The number of hydrogen-bond acceptors (Lipinski definition) is 6. The zero-order valence-electron chi connectivity index (χ0n) is 15.5. The SMILES string of the molecule is CC1=N/C=C(/Cl)[C@H](C)/C=C(/c2ccn3nc(N)ncc23)C=N1.NC1CCC1. The summed E-state index contributed by atoms with van der Waals surface area (Å²) in [6.45, 7) is 3.84. The van der Waals surface area contributed by atoms with Crippen LogP contribution in [0.3, 0.4) is 0 Å². The van der Waals surface area contributed by atoms with Crippen molar-refractivity contribution in [2.75, 3.05) is 5.73 Å². The van der Waals surface area contributed by atoms with Gasteiger partial charge >= 0.3 is 0 Å². The van der Waals surface area contributed by atoms with Crippen molar-refractivity contribution in [1.29, 1.82) is 0 Å². The second-order valence-electron chi connectivity index (χ2n) is 6.73. The molecule has 4 rings (SSSR count). The van der Waals surface area contributed by atoms with E-state index >= 15 is 0 Å². The first kappa shape index (κ1) is 19.3. The quantitative estimate of drug-likeness (QED) is 0.784. The minimum absolute atomic E-state index is 0.0300. The number of nitrogens with two attached hydrogens (primary N) is 2. The van der Waals surface area contributed by atoms with Gasteiger partial charge in [-0.2, -0.15) is 0 Å². The first-order chi connectivity index (χ1) is 12.9. The number of anilines is 1. The van der Waals surface area contributed by atoms with E-state index in [0.717, 1.165) is 16.7 Å². The van der Waals surface area contributed by atoms with Crippen LogP contribution in [0.5, 0.6) is 0 Å². The van der Waals surface area contributed by atoms with Gasteiger partial charge in [-0.25, -0.2) is 19.5 Å². The van der Waals surface area contributed by atoms with Crippen molar-refractivity contribution in [3.05, 3.63) is 41.3 Å². The molecule has 1 atom stereocenters. The summed E-state index contributed by atoms with van der Waals surface area (Å²) in [5, 5.41) is 4.81. The summed E-state index contributed by atoms with van der Waals surface area (Å²) >= 11 is 6.26. The molecule has 1 aliphatic heterocycles. The molecule has 142 valence electrons. The molecule has 1 fully saturated rings. The number of aliphatic imine (C=N–C) groups is 2. The van der Waals surface area contributed by atoms with E-state index < -0.39 is 0 Å². The van der Waals surface area contributed by atoms with Crippen LogP contribution >= 0.6 is 11.6 Å². The summed E-state index contributed by atoms with van der Waals surface area (Å²) in [6, 6.07) is 2.52. The van der Waals surface area contributed by atoms with Gasteiger partial charge in [0.05, 0.1) is 11.7 Å². The second kappa shape index (κ2) is 8.45. The molecule has 0 amide bonds. The van der Waals surface area contributed by atoms with Gasteiger partial charge in [-0.1, -0.05) is 31.0 Å². The molecule has 8 heteroatoms. The maximum Gasteiger partial charge on any atom is 0.238 e. The molecular weight excluding hydrogens is 362 g/mol. The Bertz CT molecular complexity index is 935. The monoisotopic (exact) mass is 385 g/mol. The predicted molar refractivity (Wildman–Crippen MR) is 112 cm³/mol. The molecule has 1 saturated carbocycles. The van der Waals surface area contributed by atoms with Crippen molar-refractivity contribution in [3.63, 3.8) is 0 Å². The lowest BCUT2D eigenvalue weighted by Crippen LogP contribution is -2.27. The van der Waals surface area contributed by atoms with E-state index in [-0.39, 0.29) is 11.9 Å². The summed E-state index contributed by atoms with van der Waals surface area (Å²) < 4.78 is 1.70. The van der Waals surface area contributed by atoms with Crippen LogP contribution in [0.2, 0.25) is 0 Å². The lowest BCUT2D eigenvalue weighted by Gasteiger charge is -2.18. The molecule has 27 heavy (non-hydrogen) atoms. The third-order valence-electron chi connectivity index (χ3n) is 4.53. The van der Waals surface area contributed by atoms with Gasteiger partial charge in [-0.3, -0.25) is 0 Å². The number of amidine groups is 1. The van der Waals surface area contributed by atoms with E-state index in [0.29, 0.717) is 16.9 Å². The molecule has 0 aromatic carbocycles. The Kier molecular flexibility index (Phi) is 6.03. The van der Waals surface area contributed by atoms with Gasteiger partial charge in [-0.05, 0) is 31.4 Å². The highest BCUT2D eigenvalue weighted by Gasteiger charge is 2.12. The van der Waals surface area contributed by atoms with E-state index in [1.165, 1.54) is 19.3 Å². The molecule has 2 aromatic rings. The fraction of sp³-hybridized carbons (Fsp3) is 0.368. The van der Waals surface area contributed by atoms with Gasteiger partial charge in [0.25, 0.3) is 0 Å². The van der Waals surface area contributed by atoms with Crippen LogP contribution < -0.4 is 11.5 Å². The van der Waals surface area contributed by atoms with Crippen molar-refractivity contribution in [3.8, 4) is 0 Å². The highest BCUT2D eigenvalue weighted by molar-refractivity contribution is 6.30. The number of halogens is 1. The number of rotatable bonds is 1. The summed E-state index contributed by atoms with van der Waals surface area (Å²) in [7, 11) is 0. The molecule has 0 radical (unpaired) electrons. The second-order valence-corrected chi connectivity index (χ2v) is 7.16. The van der Waals surface area contributed by atoms with Gasteiger partial charge in [0, 0.05) is 41.2 Å². The smallest absolute Gasteiger partial charge is 0.238 e. The van der Waals surface area contributed by atoms with Crippen LogP contribution in [0, 0.1) is 5.92 Å². The first-order valence-electron chi connectivity index (χ1n) is 8.95. The van der Waals surface area contributed by atoms with Crippen molar-refractivity contribution in [1.82, 2.24) is 14.6 Å². The maximum absolute atomic E-state index is 6.26. The molecule has 0 unspecified atom stereocenters. The van der Waals surface area contributed by atoms with Crippen LogP contribution in [-0.4, -0.2) is 32.7 Å². The highest BCUT2D eigenvalue weighted by Crippen LogP contribution is 2.26. The zero-order valence-corrected chi connectivity index (χ0v) is 16.3. The number of fused-ring (bicyclic) bond motifs is 1. The molecular formula is C19H24ClN7. The summed E-state index contributed by atoms with van der Waals surface area (Å²) in [4.78, 5) is 12.6. The highest BCUT2D eigenvalue weighted by atomic mass is 35.5. The molecule has 2 aliphatic rings. The van der Waals surface area contributed by atoms with Gasteiger partial charge in [-0.15, -0.1) is 5.10 Å². The van der Waals surface area contributed by atoms with Crippen LogP contribution in [-0.2, 0) is 0 Å². The summed E-state index contributed by atoms with van der Waals surface area (Å²) in [5.74, 6) is 0.902. The van der Waals surface area contributed by atoms with Gasteiger partial charge < -0.3 is 11.5 Å². The van der Waals surface area contributed by atoms with E-state index in [9.17, 15) is 0 Å². The first-order valence-corrected chi connectivity index (χ1v) is 9.33. The van der Waals surface area contributed by atoms with Crippen molar-refractivity contribution in [2.45, 2.75) is 39.2 Å². The largest absolute Gasteiger partial charge is 0.367 e. The Hall–Kier alpha value is -2.51. The number of hydrogen-bond donors (Lipinski definition) is 2. The van der Waals surface area contributed by atoms with Gasteiger partial charge in [0.1, 0.15) is 5.84 Å². The fourth-order valence-electron chi connectivity index (χ4n) is 2.62. The average Bonchev–Trinajstić information content (AvgIpc) is 3.05. The van der Waals surface area contributed by atoms with Crippen molar-refractivity contribution < 1.29 is 0 Å². The van der Waals surface area contributed by atoms with E-state index in [1.54, 1.807) is 23.1 Å². The number of allylic oxidation sites excluding steroid dienone is 3. The Morgan fingerprint density at radius 3 is 2.70 bits per heavy atom. The van der Waals surface area contributed by atoms with E-state index in [4.69, 9.17) is 23.1 Å². The van der Waals surface area contributed by atoms with Crippen LogP contribution in [0.15, 0.2) is 45.8 Å². The molecule has 1 aliphatic carbocycles. The van der Waals surface area contributed by atoms with E-state index in [2.05, 4.69) is 20.1 Å². The maximum atomic E-state index is 6.26. The minimum atomic E-state index is 0.0300. The number of aromatic nitrogens is 3. The van der Waals surface area contributed by atoms with Crippen LogP contribution in [0.25, 0.3) is 11.1 Å². The Labute approximate surface area is 163 Å². The molecule has 0 spiro atoms. The zero-order chi connectivity index (χ0) is 19.4. The average molecular weight is 386 g/mol. The Balaban J connectivity index is 0.000000364. The molecule has 3 heterocycles. The fourth-order valence-corrected chi connectivity index (χ4v) is 2.73. The van der Waals surface area contributed by atoms with Crippen LogP contribution in [0.4, 0.5) is 5.95 Å². The number of nitrogen functional groups attached to an aromatic ring is 1. The third-order valence-corrected chi connectivity index (χ3v) is 4.97. The lowest BCUT2D eigenvalue weighted by atomic mass is 9.95. The van der Waals surface area contributed by atoms with Crippen LogP contribution in [0.1, 0.15) is 38.7 Å². The molecule has 0 saturated heterocycles. The summed E-state index contributed by atoms with van der Waals surface area (Å²) in [5.41, 5.74) is 13.7. The minimum Gasteiger partial charge on any atom is -0.367 e. The van der Waals surface area contributed by atoms with Crippen molar-refractivity contribution in [2.24, 2.45) is 21.6 Å². The lowest BCUT2D eigenvalue weighted by molar-refractivity contribution is 0.418. The van der Waals surface area contributed by atoms with E-state index in [1.807, 2.05) is 32.2 Å². The Morgan fingerprint density at radius 2 is 2.04 bits per heavy atom. The standard InChI is InChI=1S/C15H15ClN6.C4H9N/c1-9-5-11(6-18-10(2)19-7-13(9)16)12-3-4-22-14(12)8-20-15(17)21-22;5-4-2-1-3-4/h3-9H,1-2H3,(H2,17,21);4H,1-3,5H2/b11-5+,13-7+,18-6?,19-10?;/t9-;/m1./s1. The van der Waals surface area contributed by atoms with Gasteiger partial charge in [0.15, 0.2) is 0 Å². The predicted octanol–water partition coefficient (Wildman–Crippen LogP) is 3.41. The summed E-state index contributed by atoms with van der Waals surface area (Å²) in [6.07, 6.45) is 12.9. The molecule has 2 aromatic heterocycles. The topological polar surface area (TPSA) is 107 Å².